The summed E-state index contributed by atoms with van der Waals surface area (Å²) in [7, 11) is 1.55. The van der Waals surface area contributed by atoms with Gasteiger partial charge in [-0.25, -0.2) is 33.2 Å². The highest BCUT2D eigenvalue weighted by Crippen LogP contribution is 2.69. The number of ether oxygens (including phenoxy) is 1. The standard InChI is InChI=1S/C21H19ClF2N8O3/c1-10(12-3-11(23)4-27-16(12)22)35-19(34)29-17-15(30-31-32(17)2)13-5-26-14(6-25-13)28-18(33)20-7-21(24,8-20)9-20/h3-6,10H,7-9H2,1-2H3,(H,29,34)(H,26,28,33)/t10-,20?,21?/m1/s1. The summed E-state index contributed by atoms with van der Waals surface area (Å²) in [5.41, 5.74) is -1.15. The first-order valence-corrected chi connectivity index (χ1v) is 11.0. The van der Waals surface area contributed by atoms with E-state index in [-0.39, 0.29) is 58.9 Å². The van der Waals surface area contributed by atoms with Crippen LogP contribution in [0, 0.1) is 11.2 Å². The van der Waals surface area contributed by atoms with Gasteiger partial charge in [0, 0.05) is 12.6 Å². The molecule has 2 amide bonds. The van der Waals surface area contributed by atoms with Crippen molar-refractivity contribution in [2.75, 3.05) is 10.6 Å². The number of rotatable bonds is 6. The normalized spacial score (nSPS) is 23.0. The molecule has 3 saturated carbocycles. The summed E-state index contributed by atoms with van der Waals surface area (Å²) in [4.78, 5) is 37.0. The highest BCUT2D eigenvalue weighted by atomic mass is 35.5. The highest BCUT2D eigenvalue weighted by molar-refractivity contribution is 6.30. The van der Waals surface area contributed by atoms with Crippen LogP contribution in [0.5, 0.6) is 0 Å². The fourth-order valence-electron chi connectivity index (χ4n) is 4.41. The minimum Gasteiger partial charge on any atom is -0.441 e. The molecule has 2 bridgehead atoms. The van der Waals surface area contributed by atoms with Crippen LogP contribution in [0.3, 0.4) is 0 Å². The van der Waals surface area contributed by atoms with Crippen molar-refractivity contribution in [2.45, 2.75) is 38.0 Å². The predicted octanol–water partition coefficient (Wildman–Crippen LogP) is 3.60. The van der Waals surface area contributed by atoms with E-state index < -0.39 is 29.1 Å². The van der Waals surface area contributed by atoms with E-state index in [0.29, 0.717) is 0 Å². The van der Waals surface area contributed by atoms with E-state index in [1.54, 1.807) is 7.05 Å². The lowest BCUT2D eigenvalue weighted by Gasteiger charge is -2.64. The van der Waals surface area contributed by atoms with Gasteiger partial charge in [0.15, 0.2) is 17.3 Å². The van der Waals surface area contributed by atoms with Crippen LogP contribution in [0.2, 0.25) is 5.15 Å². The van der Waals surface area contributed by atoms with Crippen molar-refractivity contribution in [2.24, 2.45) is 12.5 Å². The zero-order valence-corrected chi connectivity index (χ0v) is 19.3. The Morgan fingerprint density at radius 1 is 1.17 bits per heavy atom. The Bertz CT molecular complexity index is 1310. The SMILES string of the molecule is C[C@@H](OC(=O)Nc1c(-c2cnc(NC(=O)C34CC(F)(C3)C4)cn2)nnn1C)c1cc(F)cnc1Cl. The fraction of sp³-hybridized carbons (Fsp3) is 0.381. The quantitative estimate of drug-likeness (QED) is 0.486. The molecule has 1 atom stereocenters. The zero-order valence-electron chi connectivity index (χ0n) is 18.5. The van der Waals surface area contributed by atoms with Gasteiger partial charge in [0.05, 0.1) is 24.0 Å². The number of amides is 2. The summed E-state index contributed by atoms with van der Waals surface area (Å²) < 4.78 is 33.8. The Morgan fingerprint density at radius 2 is 1.91 bits per heavy atom. The third-order valence-corrected chi connectivity index (χ3v) is 6.50. The van der Waals surface area contributed by atoms with Crippen LogP contribution in [0.4, 0.5) is 25.2 Å². The molecule has 0 saturated heterocycles. The molecule has 0 aromatic carbocycles. The van der Waals surface area contributed by atoms with Gasteiger partial charge in [-0.3, -0.25) is 10.1 Å². The van der Waals surface area contributed by atoms with E-state index in [1.807, 2.05) is 0 Å². The van der Waals surface area contributed by atoms with E-state index in [0.717, 1.165) is 12.3 Å². The van der Waals surface area contributed by atoms with Crippen molar-refractivity contribution < 1.29 is 23.1 Å². The number of nitrogens with zero attached hydrogens (tertiary/aromatic N) is 6. The minimum atomic E-state index is -1.18. The average Bonchev–Trinajstić information content (AvgIpc) is 3.12. The smallest absolute Gasteiger partial charge is 0.413 e. The maximum absolute atomic E-state index is 13.7. The second-order valence-corrected chi connectivity index (χ2v) is 9.18. The molecule has 3 aliphatic carbocycles. The monoisotopic (exact) mass is 504 g/mol. The van der Waals surface area contributed by atoms with Crippen LogP contribution in [-0.2, 0) is 16.6 Å². The maximum atomic E-state index is 13.7. The summed E-state index contributed by atoms with van der Waals surface area (Å²) in [5.74, 6) is -0.513. The highest BCUT2D eigenvalue weighted by Gasteiger charge is 2.72. The van der Waals surface area contributed by atoms with Gasteiger partial charge in [-0.1, -0.05) is 16.8 Å². The minimum absolute atomic E-state index is 0.00952. The molecule has 11 nitrogen and oxygen atoms in total. The van der Waals surface area contributed by atoms with Gasteiger partial charge < -0.3 is 10.1 Å². The molecule has 3 aromatic heterocycles. The third-order valence-electron chi connectivity index (χ3n) is 6.19. The number of alkyl halides is 1. The van der Waals surface area contributed by atoms with Crippen molar-refractivity contribution in [3.05, 3.63) is 41.2 Å². The Labute approximate surface area is 202 Å². The van der Waals surface area contributed by atoms with Crippen molar-refractivity contribution >= 4 is 35.2 Å². The maximum Gasteiger partial charge on any atom is 0.413 e. The largest absolute Gasteiger partial charge is 0.441 e. The van der Waals surface area contributed by atoms with Gasteiger partial charge in [-0.05, 0) is 32.3 Å². The van der Waals surface area contributed by atoms with E-state index >= 15 is 0 Å². The molecule has 3 fully saturated rings. The first-order chi connectivity index (χ1) is 16.6. The lowest BCUT2D eigenvalue weighted by atomic mass is 9.42. The summed E-state index contributed by atoms with van der Waals surface area (Å²) >= 11 is 5.97. The molecule has 0 unspecified atom stereocenters. The summed E-state index contributed by atoms with van der Waals surface area (Å²) in [6.45, 7) is 1.52. The van der Waals surface area contributed by atoms with E-state index in [2.05, 4.69) is 35.9 Å². The van der Waals surface area contributed by atoms with E-state index in [4.69, 9.17) is 16.3 Å². The van der Waals surface area contributed by atoms with Gasteiger partial charge in [0.1, 0.15) is 28.4 Å². The molecular weight excluding hydrogens is 486 g/mol. The van der Waals surface area contributed by atoms with Gasteiger partial charge in [-0.2, -0.15) is 0 Å². The van der Waals surface area contributed by atoms with Crippen LogP contribution in [0.15, 0.2) is 24.7 Å². The molecular formula is C21H19ClF2N8O3. The second-order valence-electron chi connectivity index (χ2n) is 8.82. The van der Waals surface area contributed by atoms with Crippen molar-refractivity contribution in [3.63, 3.8) is 0 Å². The number of aryl methyl sites for hydroxylation is 1. The molecule has 0 radical (unpaired) electrons. The number of halogens is 3. The van der Waals surface area contributed by atoms with Crippen molar-refractivity contribution in [3.8, 4) is 11.4 Å². The number of carbonyl (C=O) groups excluding carboxylic acids is 2. The Morgan fingerprint density at radius 3 is 2.57 bits per heavy atom. The molecule has 35 heavy (non-hydrogen) atoms. The molecule has 6 rings (SSSR count). The number of aromatic nitrogens is 6. The lowest BCUT2D eigenvalue weighted by Crippen LogP contribution is -2.69. The van der Waals surface area contributed by atoms with Gasteiger partial charge >= 0.3 is 6.09 Å². The number of nitrogens with one attached hydrogen (secondary N) is 2. The van der Waals surface area contributed by atoms with E-state index in [9.17, 15) is 18.4 Å². The zero-order chi connectivity index (χ0) is 25.0. The summed E-state index contributed by atoms with van der Waals surface area (Å²) in [6.07, 6.45) is 2.60. The van der Waals surface area contributed by atoms with Gasteiger partial charge in [-0.15, -0.1) is 5.10 Å². The summed E-state index contributed by atoms with van der Waals surface area (Å²) in [6, 6.07) is 1.13. The van der Waals surface area contributed by atoms with Crippen LogP contribution in [0.25, 0.3) is 11.4 Å². The van der Waals surface area contributed by atoms with E-state index in [1.165, 1.54) is 24.0 Å². The van der Waals surface area contributed by atoms with Gasteiger partial charge in [0.25, 0.3) is 0 Å². The van der Waals surface area contributed by atoms with Crippen LogP contribution < -0.4 is 10.6 Å². The molecule has 3 aliphatic rings. The fourth-order valence-corrected chi connectivity index (χ4v) is 4.67. The Hall–Kier alpha value is -3.74. The second kappa shape index (κ2) is 8.18. The molecule has 3 aromatic rings. The lowest BCUT2D eigenvalue weighted by molar-refractivity contribution is -0.209. The Kier molecular flexibility index (Phi) is 5.38. The van der Waals surface area contributed by atoms with Crippen LogP contribution >= 0.6 is 11.6 Å². The van der Waals surface area contributed by atoms with Crippen molar-refractivity contribution in [1.82, 2.24) is 29.9 Å². The first kappa shape index (κ1) is 23.0. The topological polar surface area (TPSA) is 137 Å². The number of pyridine rings is 1. The molecule has 0 spiro atoms. The number of hydrogen-bond donors (Lipinski definition) is 2. The average molecular weight is 505 g/mol. The number of hydrogen-bond acceptors (Lipinski definition) is 8. The van der Waals surface area contributed by atoms with Gasteiger partial charge in [0.2, 0.25) is 5.91 Å². The molecule has 182 valence electrons. The third kappa shape index (κ3) is 4.16. The number of anilines is 2. The molecule has 0 aliphatic heterocycles. The first-order valence-electron chi connectivity index (χ1n) is 10.6. The number of carbonyl (C=O) groups is 2. The Balaban J connectivity index is 1.25. The molecule has 14 heteroatoms. The van der Waals surface area contributed by atoms with Crippen LogP contribution in [0.1, 0.15) is 37.9 Å². The van der Waals surface area contributed by atoms with Crippen molar-refractivity contribution in [1.29, 1.82) is 0 Å². The summed E-state index contributed by atoms with van der Waals surface area (Å²) in [5, 5.41) is 13.1. The van der Waals surface area contributed by atoms with Crippen LogP contribution in [-0.4, -0.2) is 47.6 Å². The predicted molar refractivity (Wildman–Crippen MR) is 119 cm³/mol. The molecule has 2 N–H and O–H groups in total. The molecule has 3 heterocycles.